The Hall–Kier alpha value is -3.57. The summed E-state index contributed by atoms with van der Waals surface area (Å²) in [6.45, 7) is 0.895. The zero-order valence-electron chi connectivity index (χ0n) is 16.6. The summed E-state index contributed by atoms with van der Waals surface area (Å²) < 4.78 is 11.1. The van der Waals surface area contributed by atoms with E-state index in [2.05, 4.69) is 28.5 Å². The van der Waals surface area contributed by atoms with Gasteiger partial charge < -0.3 is 19.8 Å². The van der Waals surface area contributed by atoms with Crippen molar-refractivity contribution in [2.75, 3.05) is 13.7 Å². The maximum atomic E-state index is 12.4. The molecular weight excluding hydrogens is 376 g/mol. The summed E-state index contributed by atoms with van der Waals surface area (Å²) in [5.41, 5.74) is 5.24. The molecule has 0 radical (unpaired) electrons. The number of carbonyl (C=O) groups is 1. The third-order valence-corrected chi connectivity index (χ3v) is 5.59. The first-order chi connectivity index (χ1) is 14.7. The van der Waals surface area contributed by atoms with E-state index in [1.807, 2.05) is 36.4 Å². The molecule has 0 bridgehead atoms. The average Bonchev–Trinajstić information content (AvgIpc) is 3.19. The van der Waals surface area contributed by atoms with Crippen LogP contribution in [0, 0.1) is 0 Å². The molecule has 0 amide bonds. The van der Waals surface area contributed by atoms with Crippen molar-refractivity contribution in [1.82, 2.24) is 10.3 Å². The maximum Gasteiger partial charge on any atom is 0.343 e. The number of aromatic nitrogens is 1. The lowest BCUT2D eigenvalue weighted by molar-refractivity contribution is 0.0729. The number of hydrogen-bond donors (Lipinski definition) is 2. The van der Waals surface area contributed by atoms with E-state index in [0.717, 1.165) is 24.0 Å². The van der Waals surface area contributed by atoms with Gasteiger partial charge >= 0.3 is 5.97 Å². The molecular formula is C25H22N2O3. The molecule has 5 rings (SSSR count). The minimum atomic E-state index is -0.407. The van der Waals surface area contributed by atoms with Gasteiger partial charge in [0.05, 0.1) is 18.7 Å². The van der Waals surface area contributed by atoms with Gasteiger partial charge in [0.25, 0.3) is 0 Å². The van der Waals surface area contributed by atoms with Crippen molar-refractivity contribution in [1.29, 1.82) is 0 Å². The molecule has 1 aromatic heterocycles. The van der Waals surface area contributed by atoms with Gasteiger partial charge in [-0.25, -0.2) is 4.79 Å². The second-order valence-electron chi connectivity index (χ2n) is 7.37. The van der Waals surface area contributed by atoms with Crippen LogP contribution in [0.1, 0.15) is 33.2 Å². The molecule has 4 aromatic rings. The summed E-state index contributed by atoms with van der Waals surface area (Å²) in [5.74, 6) is 0.528. The molecule has 1 aliphatic rings. The Labute approximate surface area is 174 Å². The van der Waals surface area contributed by atoms with Crippen LogP contribution >= 0.6 is 0 Å². The normalized spacial score (nSPS) is 15.6. The number of ether oxygens (including phenoxy) is 2. The Balaban J connectivity index is 1.48. The quantitative estimate of drug-likeness (QED) is 0.389. The highest BCUT2D eigenvalue weighted by molar-refractivity contribution is 5.91. The Kier molecular flexibility index (Phi) is 4.73. The molecule has 30 heavy (non-hydrogen) atoms. The predicted molar refractivity (Wildman–Crippen MR) is 116 cm³/mol. The lowest BCUT2D eigenvalue weighted by Gasteiger charge is -2.25. The third kappa shape index (κ3) is 3.23. The molecule has 5 heteroatoms. The van der Waals surface area contributed by atoms with Crippen molar-refractivity contribution >= 4 is 16.9 Å². The number of rotatable bonds is 4. The van der Waals surface area contributed by atoms with Crippen LogP contribution in [0.2, 0.25) is 0 Å². The number of nitrogens with one attached hydrogen (secondary N) is 2. The maximum absolute atomic E-state index is 12.4. The van der Waals surface area contributed by atoms with Crippen LogP contribution in [0.3, 0.4) is 0 Å². The highest BCUT2D eigenvalue weighted by atomic mass is 16.6. The number of esters is 1. The van der Waals surface area contributed by atoms with Gasteiger partial charge in [-0.1, -0.05) is 42.5 Å². The van der Waals surface area contributed by atoms with E-state index < -0.39 is 5.97 Å². The van der Waals surface area contributed by atoms with E-state index in [4.69, 9.17) is 9.47 Å². The monoisotopic (exact) mass is 398 g/mol. The molecule has 2 heterocycles. The fourth-order valence-corrected chi connectivity index (χ4v) is 4.15. The second kappa shape index (κ2) is 7.69. The first-order valence-electron chi connectivity index (χ1n) is 10.0. The number of carbonyl (C=O) groups excluding carboxylic acids is 1. The van der Waals surface area contributed by atoms with E-state index in [-0.39, 0.29) is 6.04 Å². The van der Waals surface area contributed by atoms with Crippen molar-refractivity contribution in [2.24, 2.45) is 0 Å². The molecule has 0 aliphatic carbocycles. The van der Waals surface area contributed by atoms with Gasteiger partial charge in [-0.05, 0) is 47.9 Å². The largest absolute Gasteiger partial charge is 0.493 e. The number of hydrogen-bond acceptors (Lipinski definition) is 4. The minimum Gasteiger partial charge on any atom is -0.493 e. The van der Waals surface area contributed by atoms with Crippen molar-refractivity contribution < 1.29 is 14.3 Å². The molecule has 150 valence electrons. The zero-order chi connectivity index (χ0) is 20.5. The molecule has 1 atom stereocenters. The number of methoxy groups -OCH3 is 1. The Morgan fingerprint density at radius 1 is 0.967 bits per heavy atom. The van der Waals surface area contributed by atoms with Gasteiger partial charge in [0.15, 0.2) is 11.5 Å². The summed E-state index contributed by atoms with van der Waals surface area (Å²) in [7, 11) is 1.58. The molecule has 1 aliphatic heterocycles. The molecule has 2 N–H and O–H groups in total. The van der Waals surface area contributed by atoms with Crippen LogP contribution < -0.4 is 14.8 Å². The van der Waals surface area contributed by atoms with E-state index in [9.17, 15) is 4.79 Å². The third-order valence-electron chi connectivity index (χ3n) is 5.59. The van der Waals surface area contributed by atoms with Crippen molar-refractivity contribution in [3.8, 4) is 11.5 Å². The predicted octanol–water partition coefficient (Wildman–Crippen LogP) is 4.63. The highest BCUT2D eigenvalue weighted by Crippen LogP contribution is 2.37. The molecule has 3 aromatic carbocycles. The van der Waals surface area contributed by atoms with Crippen molar-refractivity contribution in [3.63, 3.8) is 0 Å². The molecule has 1 unspecified atom stereocenters. The zero-order valence-corrected chi connectivity index (χ0v) is 16.6. The van der Waals surface area contributed by atoms with E-state index in [1.54, 1.807) is 25.3 Å². The van der Waals surface area contributed by atoms with Crippen LogP contribution in [-0.4, -0.2) is 24.6 Å². The standard InChI is InChI=1S/C25H22N2O3/c1-29-22-15-17(11-12-21(22)30-25(28)16-7-3-2-4-8-16)23-24-19(13-14-26-23)18-9-5-6-10-20(18)27-24/h2-12,15,23,26-27H,13-14H2,1H3. The first kappa shape index (κ1) is 18.5. The van der Waals surface area contributed by atoms with Crippen molar-refractivity contribution in [3.05, 3.63) is 95.2 Å². The lowest BCUT2D eigenvalue weighted by Crippen LogP contribution is -2.30. The smallest absolute Gasteiger partial charge is 0.343 e. The number of fused-ring (bicyclic) bond motifs is 3. The fraction of sp³-hybridized carbons (Fsp3) is 0.160. The van der Waals surface area contributed by atoms with Gasteiger partial charge in [0, 0.05) is 23.1 Å². The minimum absolute atomic E-state index is 0.0222. The van der Waals surface area contributed by atoms with Gasteiger partial charge in [0.2, 0.25) is 0 Å². The van der Waals surface area contributed by atoms with Crippen molar-refractivity contribution in [2.45, 2.75) is 12.5 Å². The summed E-state index contributed by atoms with van der Waals surface area (Å²) in [6.07, 6.45) is 0.986. The SMILES string of the molecule is COc1cc(C2NCCc3c2[nH]c2ccccc32)ccc1OC(=O)c1ccccc1. The highest BCUT2D eigenvalue weighted by Gasteiger charge is 2.26. The molecule has 0 saturated carbocycles. The van der Waals surface area contributed by atoms with Gasteiger partial charge in [-0.15, -0.1) is 0 Å². The topological polar surface area (TPSA) is 63.4 Å². The van der Waals surface area contributed by atoms with Crippen LogP contribution in [0.4, 0.5) is 0 Å². The van der Waals surface area contributed by atoms with Crippen LogP contribution in [0.5, 0.6) is 11.5 Å². The molecule has 0 spiro atoms. The Morgan fingerprint density at radius 2 is 1.77 bits per heavy atom. The van der Waals surface area contributed by atoms with Gasteiger partial charge in [0.1, 0.15) is 0 Å². The van der Waals surface area contributed by atoms with Crippen LogP contribution in [0.15, 0.2) is 72.8 Å². The number of aromatic amines is 1. The average molecular weight is 398 g/mol. The summed E-state index contributed by atoms with van der Waals surface area (Å²) >= 11 is 0. The van der Waals surface area contributed by atoms with Crippen LogP contribution in [-0.2, 0) is 6.42 Å². The van der Waals surface area contributed by atoms with E-state index in [1.165, 1.54) is 16.6 Å². The second-order valence-corrected chi connectivity index (χ2v) is 7.37. The fourth-order valence-electron chi connectivity index (χ4n) is 4.15. The molecule has 5 nitrogen and oxygen atoms in total. The summed E-state index contributed by atoms with van der Waals surface area (Å²) in [4.78, 5) is 16.0. The first-order valence-corrected chi connectivity index (χ1v) is 10.0. The van der Waals surface area contributed by atoms with Gasteiger partial charge in [-0.3, -0.25) is 0 Å². The van der Waals surface area contributed by atoms with Crippen LogP contribution in [0.25, 0.3) is 10.9 Å². The Morgan fingerprint density at radius 3 is 2.60 bits per heavy atom. The van der Waals surface area contributed by atoms with E-state index >= 15 is 0 Å². The summed E-state index contributed by atoms with van der Waals surface area (Å²) in [6, 6.07) is 23.1. The molecule has 0 saturated heterocycles. The molecule has 0 fully saturated rings. The van der Waals surface area contributed by atoms with E-state index in [0.29, 0.717) is 17.1 Å². The Bertz CT molecular complexity index is 1210. The number of H-pyrrole nitrogens is 1. The number of benzene rings is 3. The number of para-hydroxylation sites is 1. The lowest BCUT2D eigenvalue weighted by atomic mass is 9.94. The summed E-state index contributed by atoms with van der Waals surface area (Å²) in [5, 5.41) is 4.87. The van der Waals surface area contributed by atoms with Gasteiger partial charge in [-0.2, -0.15) is 0 Å².